The molecule has 4 nitrogen and oxygen atoms in total. The number of phenolic OH excluding ortho intramolecular Hbond substituents is 1. The minimum atomic E-state index is -4.78. The molecule has 0 saturated carbocycles. The molecule has 0 saturated heterocycles. The molecule has 2 aromatic rings. The molecule has 19 heavy (non-hydrogen) atoms. The number of halogens is 3. The van der Waals surface area contributed by atoms with Crippen LogP contribution in [-0.4, -0.2) is 16.5 Å². The Morgan fingerprint density at radius 3 is 2.47 bits per heavy atom. The molecule has 0 fully saturated rings. The maximum atomic E-state index is 12.1. The molecule has 0 radical (unpaired) electrons. The summed E-state index contributed by atoms with van der Waals surface area (Å²) in [7, 11) is 0. The second kappa shape index (κ2) is 4.68. The van der Waals surface area contributed by atoms with Gasteiger partial charge in [-0.05, 0) is 30.3 Å². The van der Waals surface area contributed by atoms with E-state index in [1.165, 1.54) is 18.3 Å². The van der Waals surface area contributed by atoms with Crippen LogP contribution in [0.25, 0.3) is 11.1 Å². The number of nitrogen functional groups attached to an aromatic ring is 1. The second-order valence-electron chi connectivity index (χ2n) is 3.70. The Kier molecular flexibility index (Phi) is 3.20. The lowest BCUT2D eigenvalue weighted by molar-refractivity contribution is -0.274. The molecule has 7 heteroatoms. The Morgan fingerprint density at radius 1 is 1.16 bits per heavy atom. The van der Waals surface area contributed by atoms with E-state index >= 15 is 0 Å². The number of hydrogen-bond donors (Lipinski definition) is 2. The van der Waals surface area contributed by atoms with Gasteiger partial charge in [-0.1, -0.05) is 0 Å². The van der Waals surface area contributed by atoms with Crippen LogP contribution in [0.4, 0.5) is 19.0 Å². The molecule has 0 bridgehead atoms. The van der Waals surface area contributed by atoms with Gasteiger partial charge >= 0.3 is 6.36 Å². The second-order valence-corrected chi connectivity index (χ2v) is 3.70. The molecule has 1 heterocycles. The van der Waals surface area contributed by atoms with Crippen molar-refractivity contribution in [3.8, 4) is 22.6 Å². The van der Waals surface area contributed by atoms with Crippen LogP contribution in [0.1, 0.15) is 0 Å². The van der Waals surface area contributed by atoms with E-state index in [4.69, 9.17) is 5.73 Å². The van der Waals surface area contributed by atoms with Gasteiger partial charge in [-0.2, -0.15) is 0 Å². The van der Waals surface area contributed by atoms with E-state index in [0.717, 1.165) is 18.2 Å². The lowest BCUT2D eigenvalue weighted by Gasteiger charge is -2.11. The summed E-state index contributed by atoms with van der Waals surface area (Å²) in [4.78, 5) is 3.80. The van der Waals surface area contributed by atoms with Crippen molar-refractivity contribution >= 4 is 5.82 Å². The van der Waals surface area contributed by atoms with Crippen molar-refractivity contribution in [2.75, 3.05) is 5.73 Å². The normalized spacial score (nSPS) is 11.3. The van der Waals surface area contributed by atoms with Crippen molar-refractivity contribution in [3.63, 3.8) is 0 Å². The van der Waals surface area contributed by atoms with E-state index in [-0.39, 0.29) is 17.1 Å². The van der Waals surface area contributed by atoms with Crippen LogP contribution in [0.3, 0.4) is 0 Å². The third-order valence-electron chi connectivity index (χ3n) is 2.30. The van der Waals surface area contributed by atoms with Crippen LogP contribution in [0.5, 0.6) is 11.5 Å². The van der Waals surface area contributed by atoms with Crippen molar-refractivity contribution in [1.29, 1.82) is 0 Å². The Hall–Kier alpha value is -2.44. The fourth-order valence-corrected chi connectivity index (χ4v) is 1.51. The first kappa shape index (κ1) is 13.0. The van der Waals surface area contributed by atoms with E-state index in [1.807, 2.05) is 0 Å². The van der Waals surface area contributed by atoms with Crippen LogP contribution < -0.4 is 10.5 Å². The summed E-state index contributed by atoms with van der Waals surface area (Å²) in [6.45, 7) is 0. The standard InChI is InChI=1S/C12H9F3N2O2/c13-12(14,15)19-8-2-3-10(18)9(5-8)7-1-4-11(16)17-6-7/h1-6,18H,(H2,16,17). The first-order chi connectivity index (χ1) is 8.85. The maximum Gasteiger partial charge on any atom is 0.573 e. The van der Waals surface area contributed by atoms with E-state index in [2.05, 4.69) is 9.72 Å². The summed E-state index contributed by atoms with van der Waals surface area (Å²) in [6, 6.07) is 6.24. The van der Waals surface area contributed by atoms with Crippen molar-refractivity contribution < 1.29 is 23.0 Å². The molecule has 0 atom stereocenters. The van der Waals surface area contributed by atoms with Gasteiger partial charge < -0.3 is 15.6 Å². The number of ether oxygens (including phenoxy) is 1. The first-order valence-electron chi connectivity index (χ1n) is 5.16. The topological polar surface area (TPSA) is 68.4 Å². The van der Waals surface area contributed by atoms with Gasteiger partial charge in [-0.15, -0.1) is 13.2 Å². The van der Waals surface area contributed by atoms with Gasteiger partial charge in [0.1, 0.15) is 17.3 Å². The van der Waals surface area contributed by atoms with Crippen LogP contribution in [-0.2, 0) is 0 Å². The number of alkyl halides is 3. The summed E-state index contributed by atoms with van der Waals surface area (Å²) in [6.07, 6.45) is -3.44. The molecule has 0 spiro atoms. The molecule has 3 N–H and O–H groups in total. The zero-order valence-corrected chi connectivity index (χ0v) is 9.48. The highest BCUT2D eigenvalue weighted by atomic mass is 19.4. The number of rotatable bonds is 2. The number of hydrogen-bond acceptors (Lipinski definition) is 4. The fraction of sp³-hybridized carbons (Fsp3) is 0.0833. The number of aromatic hydroxyl groups is 1. The van der Waals surface area contributed by atoms with E-state index in [1.54, 1.807) is 0 Å². The molecule has 100 valence electrons. The molecule has 1 aromatic heterocycles. The third kappa shape index (κ3) is 3.27. The van der Waals surface area contributed by atoms with Crippen molar-refractivity contribution in [3.05, 3.63) is 36.5 Å². The molecule has 0 unspecified atom stereocenters. The number of pyridine rings is 1. The minimum absolute atomic E-state index is 0.175. The highest BCUT2D eigenvalue weighted by Gasteiger charge is 2.31. The van der Waals surface area contributed by atoms with Crippen LogP contribution in [0.15, 0.2) is 36.5 Å². The Labute approximate surface area is 106 Å². The molecule has 0 aliphatic heterocycles. The van der Waals surface area contributed by atoms with Gasteiger partial charge in [0.05, 0.1) is 0 Å². The zero-order valence-electron chi connectivity index (χ0n) is 9.48. The number of benzene rings is 1. The van der Waals surface area contributed by atoms with Gasteiger partial charge in [0, 0.05) is 17.3 Å². The van der Waals surface area contributed by atoms with Gasteiger partial charge in [-0.3, -0.25) is 0 Å². The molecule has 2 rings (SSSR count). The van der Waals surface area contributed by atoms with Crippen LogP contribution in [0, 0.1) is 0 Å². The zero-order chi connectivity index (χ0) is 14.0. The Morgan fingerprint density at radius 2 is 1.89 bits per heavy atom. The number of anilines is 1. The van der Waals surface area contributed by atoms with Crippen molar-refractivity contribution in [2.24, 2.45) is 0 Å². The quantitative estimate of drug-likeness (QED) is 0.880. The molecule has 0 amide bonds. The summed E-state index contributed by atoms with van der Waals surface area (Å²) in [5.41, 5.74) is 6.01. The smallest absolute Gasteiger partial charge is 0.507 e. The monoisotopic (exact) mass is 270 g/mol. The largest absolute Gasteiger partial charge is 0.573 e. The van der Waals surface area contributed by atoms with Gasteiger partial charge in [0.2, 0.25) is 0 Å². The molecule has 1 aromatic carbocycles. The van der Waals surface area contributed by atoms with Gasteiger partial charge in [0.25, 0.3) is 0 Å². The lowest BCUT2D eigenvalue weighted by atomic mass is 10.1. The molecular weight excluding hydrogens is 261 g/mol. The Balaban J connectivity index is 2.39. The summed E-state index contributed by atoms with van der Waals surface area (Å²) in [5.74, 6) is -0.329. The maximum absolute atomic E-state index is 12.1. The van der Waals surface area contributed by atoms with E-state index in [9.17, 15) is 18.3 Å². The number of nitrogens with two attached hydrogens (primary N) is 1. The number of aromatic nitrogens is 1. The molecule has 0 aliphatic rings. The predicted molar refractivity (Wildman–Crippen MR) is 62.4 cm³/mol. The lowest BCUT2D eigenvalue weighted by Crippen LogP contribution is -2.17. The predicted octanol–water partition coefficient (Wildman–Crippen LogP) is 2.94. The average molecular weight is 270 g/mol. The van der Waals surface area contributed by atoms with Gasteiger partial charge in [0.15, 0.2) is 0 Å². The van der Waals surface area contributed by atoms with Crippen molar-refractivity contribution in [1.82, 2.24) is 4.98 Å². The average Bonchev–Trinajstić information content (AvgIpc) is 2.31. The summed E-state index contributed by atoms with van der Waals surface area (Å²) in [5, 5.41) is 9.66. The van der Waals surface area contributed by atoms with E-state index < -0.39 is 12.1 Å². The Bertz CT molecular complexity index is 583. The molecular formula is C12H9F3N2O2. The SMILES string of the molecule is Nc1ccc(-c2cc(OC(F)(F)F)ccc2O)cn1. The highest BCUT2D eigenvalue weighted by molar-refractivity contribution is 5.71. The van der Waals surface area contributed by atoms with E-state index in [0.29, 0.717) is 5.56 Å². The summed E-state index contributed by atoms with van der Waals surface area (Å²) < 4.78 is 40.1. The van der Waals surface area contributed by atoms with Gasteiger partial charge in [-0.25, -0.2) is 4.98 Å². The van der Waals surface area contributed by atoms with Crippen LogP contribution >= 0.6 is 0 Å². The molecule has 0 aliphatic carbocycles. The number of phenols is 1. The van der Waals surface area contributed by atoms with Crippen molar-refractivity contribution in [2.45, 2.75) is 6.36 Å². The fourth-order valence-electron chi connectivity index (χ4n) is 1.51. The number of nitrogens with zero attached hydrogens (tertiary/aromatic N) is 1. The summed E-state index contributed by atoms with van der Waals surface area (Å²) >= 11 is 0. The first-order valence-corrected chi connectivity index (χ1v) is 5.16. The third-order valence-corrected chi connectivity index (χ3v) is 2.30. The van der Waals surface area contributed by atoms with Crippen LogP contribution in [0.2, 0.25) is 0 Å². The highest BCUT2D eigenvalue weighted by Crippen LogP contribution is 2.34. The minimum Gasteiger partial charge on any atom is -0.507 e.